The minimum atomic E-state index is -3.95. The van der Waals surface area contributed by atoms with Crippen LogP contribution in [0.25, 0.3) is 0 Å². The number of rotatable bonds is 2. The van der Waals surface area contributed by atoms with Crippen LogP contribution in [0, 0.1) is 11.3 Å². The maximum absolute atomic E-state index is 10.9. The molecule has 0 bridgehead atoms. The van der Waals surface area contributed by atoms with E-state index in [1.54, 1.807) is 6.07 Å². The zero-order chi connectivity index (χ0) is 10.8. The Kier molecular flexibility index (Phi) is 2.84. The van der Waals surface area contributed by atoms with Gasteiger partial charge in [-0.2, -0.15) is 5.26 Å². The van der Waals surface area contributed by atoms with Crippen LogP contribution in [0.1, 0.15) is 16.2 Å². The van der Waals surface area contributed by atoms with E-state index in [-0.39, 0.29) is 16.3 Å². The van der Waals surface area contributed by atoms with Gasteiger partial charge in [0, 0.05) is 10.7 Å². The van der Waals surface area contributed by atoms with E-state index < -0.39 is 9.05 Å². The molecule has 14 heavy (non-hydrogen) atoms. The van der Waals surface area contributed by atoms with Gasteiger partial charge in [0.2, 0.25) is 0 Å². The molecule has 1 aromatic rings. The first-order valence-corrected chi connectivity index (χ1v) is 5.60. The summed E-state index contributed by atoms with van der Waals surface area (Å²) in [5.74, 6) is 0. The number of hydrogen-bond acceptors (Lipinski definition) is 5. The van der Waals surface area contributed by atoms with E-state index >= 15 is 0 Å². The third kappa shape index (κ3) is 2.28. The van der Waals surface area contributed by atoms with Gasteiger partial charge in [-0.05, 0) is 12.1 Å². The van der Waals surface area contributed by atoms with Crippen molar-refractivity contribution >= 4 is 26.0 Å². The summed E-state index contributed by atoms with van der Waals surface area (Å²) < 4.78 is 21.8. The van der Waals surface area contributed by atoms with E-state index in [2.05, 4.69) is 4.98 Å². The van der Waals surface area contributed by atoms with E-state index in [9.17, 15) is 13.2 Å². The minimum Gasteiger partial charge on any atom is -0.296 e. The van der Waals surface area contributed by atoms with Gasteiger partial charge in [-0.3, -0.25) is 4.79 Å². The number of pyridine rings is 1. The number of hydrogen-bond donors (Lipinski definition) is 0. The molecular formula is C7H3ClN2O3S. The zero-order valence-corrected chi connectivity index (χ0v) is 8.21. The second kappa shape index (κ2) is 3.74. The predicted octanol–water partition coefficient (Wildman–Crippen LogP) is 0.693. The summed E-state index contributed by atoms with van der Waals surface area (Å²) in [6, 6.07) is 3.61. The van der Waals surface area contributed by atoms with Gasteiger partial charge in [0.25, 0.3) is 9.05 Å². The Morgan fingerprint density at radius 2 is 2.14 bits per heavy atom. The lowest BCUT2D eigenvalue weighted by Gasteiger charge is -1.97. The van der Waals surface area contributed by atoms with Crippen LogP contribution in [0.15, 0.2) is 17.0 Å². The Labute approximate surface area is 84.4 Å². The van der Waals surface area contributed by atoms with Crippen molar-refractivity contribution in [1.82, 2.24) is 4.98 Å². The lowest BCUT2D eigenvalue weighted by molar-refractivity contribution is 0.111. The van der Waals surface area contributed by atoms with Gasteiger partial charge in [-0.25, -0.2) is 13.4 Å². The lowest BCUT2D eigenvalue weighted by Crippen LogP contribution is -1.97. The largest absolute Gasteiger partial charge is 0.296 e. The van der Waals surface area contributed by atoms with Crippen LogP contribution in [0.4, 0.5) is 0 Å². The monoisotopic (exact) mass is 230 g/mol. The predicted molar refractivity (Wildman–Crippen MR) is 47.4 cm³/mol. The summed E-state index contributed by atoms with van der Waals surface area (Å²) >= 11 is 0. The fraction of sp³-hybridized carbons (Fsp3) is 0. The first kappa shape index (κ1) is 10.6. The molecular weight excluding hydrogens is 228 g/mol. The van der Waals surface area contributed by atoms with Crippen LogP contribution in [0.3, 0.4) is 0 Å². The standard InChI is InChI=1S/C7H3ClN2O3S/c8-14(12,13)7-1-5(3-9)10-6(2-7)4-11/h1-2,4H. The number of nitriles is 1. The number of nitrogens with zero attached hydrogens (tertiary/aromatic N) is 2. The summed E-state index contributed by atoms with van der Waals surface area (Å²) in [7, 11) is 1.09. The van der Waals surface area contributed by atoms with Gasteiger partial charge in [0.1, 0.15) is 17.5 Å². The van der Waals surface area contributed by atoms with Gasteiger partial charge >= 0.3 is 0 Å². The summed E-state index contributed by atoms with van der Waals surface area (Å²) in [4.78, 5) is 13.6. The highest BCUT2D eigenvalue weighted by molar-refractivity contribution is 8.13. The maximum atomic E-state index is 10.9. The average Bonchev–Trinajstić information content (AvgIpc) is 2.15. The molecule has 0 atom stereocenters. The van der Waals surface area contributed by atoms with Crippen molar-refractivity contribution in [3.63, 3.8) is 0 Å². The molecule has 0 radical (unpaired) electrons. The van der Waals surface area contributed by atoms with Gasteiger partial charge < -0.3 is 0 Å². The molecule has 0 unspecified atom stereocenters. The van der Waals surface area contributed by atoms with E-state index in [1.165, 1.54) is 0 Å². The zero-order valence-electron chi connectivity index (χ0n) is 6.64. The molecule has 0 aliphatic heterocycles. The molecule has 0 N–H and O–H groups in total. The van der Waals surface area contributed by atoms with E-state index in [1.807, 2.05) is 0 Å². The summed E-state index contributed by atoms with van der Waals surface area (Å²) in [6.45, 7) is 0. The van der Waals surface area contributed by atoms with Crippen molar-refractivity contribution in [2.75, 3.05) is 0 Å². The molecule has 0 spiro atoms. The Hall–Kier alpha value is -1.45. The smallest absolute Gasteiger partial charge is 0.261 e. The van der Waals surface area contributed by atoms with Gasteiger partial charge in [0.15, 0.2) is 6.29 Å². The highest BCUT2D eigenvalue weighted by atomic mass is 35.7. The number of carbonyl (C=O) groups excluding carboxylic acids is 1. The van der Waals surface area contributed by atoms with E-state index in [0.717, 1.165) is 12.1 Å². The topological polar surface area (TPSA) is 87.9 Å². The van der Waals surface area contributed by atoms with Crippen LogP contribution >= 0.6 is 10.7 Å². The Bertz CT molecular complexity index is 518. The molecule has 0 amide bonds. The van der Waals surface area contributed by atoms with Gasteiger partial charge in [-0.1, -0.05) is 0 Å². The summed E-state index contributed by atoms with van der Waals surface area (Å²) in [5.41, 5.74) is -0.322. The number of aldehydes is 1. The number of halogens is 1. The molecule has 0 saturated heterocycles. The Morgan fingerprint density at radius 1 is 1.50 bits per heavy atom. The Balaban J connectivity index is 3.49. The van der Waals surface area contributed by atoms with Crippen LogP contribution in [-0.2, 0) is 9.05 Å². The molecule has 72 valence electrons. The van der Waals surface area contributed by atoms with Gasteiger partial charge in [0.05, 0.1) is 4.90 Å². The fourth-order valence-corrected chi connectivity index (χ4v) is 1.57. The second-order valence-electron chi connectivity index (χ2n) is 2.28. The molecule has 5 nitrogen and oxygen atoms in total. The number of aromatic nitrogens is 1. The van der Waals surface area contributed by atoms with Crippen LogP contribution in [0.5, 0.6) is 0 Å². The quantitative estimate of drug-likeness (QED) is 0.551. The van der Waals surface area contributed by atoms with Crippen molar-refractivity contribution in [1.29, 1.82) is 5.26 Å². The summed E-state index contributed by atoms with van der Waals surface area (Å²) in [5, 5.41) is 8.48. The van der Waals surface area contributed by atoms with Crippen molar-refractivity contribution in [2.45, 2.75) is 4.90 Å². The highest BCUT2D eigenvalue weighted by Gasteiger charge is 2.13. The molecule has 0 aliphatic carbocycles. The average molecular weight is 231 g/mol. The number of carbonyl (C=O) groups is 1. The molecule has 0 aliphatic rings. The lowest BCUT2D eigenvalue weighted by atomic mass is 10.3. The van der Waals surface area contributed by atoms with Crippen molar-refractivity contribution in [3.8, 4) is 6.07 Å². The van der Waals surface area contributed by atoms with E-state index in [4.69, 9.17) is 15.9 Å². The summed E-state index contributed by atoms with van der Waals surface area (Å²) in [6.07, 6.45) is 0.340. The van der Waals surface area contributed by atoms with Crippen molar-refractivity contribution < 1.29 is 13.2 Å². The van der Waals surface area contributed by atoms with Crippen LogP contribution in [-0.4, -0.2) is 19.7 Å². The third-order valence-electron chi connectivity index (χ3n) is 1.34. The third-order valence-corrected chi connectivity index (χ3v) is 2.67. The van der Waals surface area contributed by atoms with Crippen LogP contribution in [0.2, 0.25) is 0 Å². The molecule has 1 aromatic heterocycles. The Morgan fingerprint density at radius 3 is 2.57 bits per heavy atom. The molecule has 0 aromatic carbocycles. The highest BCUT2D eigenvalue weighted by Crippen LogP contribution is 2.15. The first-order chi connectivity index (χ1) is 6.47. The molecule has 0 fully saturated rings. The fourth-order valence-electron chi connectivity index (χ4n) is 0.784. The van der Waals surface area contributed by atoms with E-state index in [0.29, 0.717) is 6.29 Å². The SMILES string of the molecule is N#Cc1cc(S(=O)(=O)Cl)cc(C=O)n1. The van der Waals surface area contributed by atoms with Crippen molar-refractivity contribution in [3.05, 3.63) is 23.5 Å². The molecule has 7 heteroatoms. The molecule has 1 heterocycles. The minimum absolute atomic E-state index is 0.150. The van der Waals surface area contributed by atoms with Gasteiger partial charge in [-0.15, -0.1) is 0 Å². The van der Waals surface area contributed by atoms with Crippen LogP contribution < -0.4 is 0 Å². The van der Waals surface area contributed by atoms with Crippen molar-refractivity contribution in [2.24, 2.45) is 0 Å². The second-order valence-corrected chi connectivity index (χ2v) is 4.85. The molecule has 0 saturated carbocycles. The normalized spacial score (nSPS) is 10.6. The first-order valence-electron chi connectivity index (χ1n) is 3.29. The maximum Gasteiger partial charge on any atom is 0.261 e. The molecule has 1 rings (SSSR count).